The van der Waals surface area contributed by atoms with Gasteiger partial charge in [-0.05, 0) is 29.0 Å². The van der Waals surface area contributed by atoms with Gasteiger partial charge in [0.2, 0.25) is 0 Å². The molecule has 0 unspecified atom stereocenters. The van der Waals surface area contributed by atoms with E-state index in [0.717, 1.165) is 11.1 Å². The van der Waals surface area contributed by atoms with Crippen molar-refractivity contribution >= 4 is 22.8 Å². The largest absolute Gasteiger partial charge is 0.506 e. The predicted octanol–water partition coefficient (Wildman–Crippen LogP) is 2.56. The Labute approximate surface area is 144 Å². The van der Waals surface area contributed by atoms with Crippen LogP contribution in [-0.2, 0) is 4.79 Å². The molecule has 7 heteroatoms. The standard InChI is InChI=1S/C18H21NO6/c1-8(2)10-5-11(9(3)4)16-12(6-10)15(22)14(18(24)25-16)17(23)19-7-13(20)21/h5-6,8-9,22H,7H2,1-4H3,(H,19,23)(H,20,21). The lowest BCUT2D eigenvalue weighted by molar-refractivity contribution is -0.135. The minimum absolute atomic E-state index is 0.0374. The van der Waals surface area contributed by atoms with Crippen molar-refractivity contribution in [3.63, 3.8) is 0 Å². The molecule has 1 aromatic heterocycles. The number of fused-ring (bicyclic) bond motifs is 1. The molecule has 7 nitrogen and oxygen atoms in total. The van der Waals surface area contributed by atoms with E-state index in [-0.39, 0.29) is 22.8 Å². The number of benzene rings is 1. The van der Waals surface area contributed by atoms with Crippen molar-refractivity contribution in [3.05, 3.63) is 39.2 Å². The molecule has 2 rings (SSSR count). The smallest absolute Gasteiger partial charge is 0.353 e. The summed E-state index contributed by atoms with van der Waals surface area (Å²) >= 11 is 0. The maximum absolute atomic E-state index is 12.2. The van der Waals surface area contributed by atoms with Crippen LogP contribution in [0.25, 0.3) is 11.0 Å². The second kappa shape index (κ2) is 6.96. The zero-order valence-electron chi connectivity index (χ0n) is 14.5. The highest BCUT2D eigenvalue weighted by atomic mass is 16.4. The Hall–Kier alpha value is -2.83. The molecule has 0 saturated carbocycles. The molecule has 2 aromatic rings. The van der Waals surface area contributed by atoms with E-state index in [4.69, 9.17) is 9.52 Å². The summed E-state index contributed by atoms with van der Waals surface area (Å²) in [6.45, 7) is 7.18. The fourth-order valence-corrected chi connectivity index (χ4v) is 2.55. The second-order valence-corrected chi connectivity index (χ2v) is 6.49. The number of aromatic hydroxyl groups is 1. The van der Waals surface area contributed by atoms with Gasteiger partial charge in [-0.3, -0.25) is 9.59 Å². The van der Waals surface area contributed by atoms with Crippen LogP contribution < -0.4 is 10.9 Å². The summed E-state index contributed by atoms with van der Waals surface area (Å²) in [6, 6.07) is 3.60. The van der Waals surface area contributed by atoms with Gasteiger partial charge in [-0.25, -0.2) is 4.79 Å². The molecule has 1 amide bonds. The Kier molecular flexibility index (Phi) is 5.15. The van der Waals surface area contributed by atoms with Crippen LogP contribution in [0.3, 0.4) is 0 Å². The van der Waals surface area contributed by atoms with Crippen molar-refractivity contribution in [2.24, 2.45) is 0 Å². The maximum atomic E-state index is 12.2. The number of carboxylic acids is 1. The number of carbonyl (C=O) groups is 2. The summed E-state index contributed by atoms with van der Waals surface area (Å²) in [5.41, 5.74) is 0.316. The van der Waals surface area contributed by atoms with Crippen LogP contribution in [0.1, 0.15) is 61.0 Å². The number of rotatable bonds is 5. The first kappa shape index (κ1) is 18.5. The highest BCUT2D eigenvalue weighted by Gasteiger charge is 2.24. The maximum Gasteiger partial charge on any atom is 0.353 e. The summed E-state index contributed by atoms with van der Waals surface area (Å²) in [7, 11) is 0. The number of carboxylic acid groups (broad SMARTS) is 1. The van der Waals surface area contributed by atoms with Gasteiger partial charge in [0, 0.05) is 0 Å². The van der Waals surface area contributed by atoms with Crippen LogP contribution in [0.4, 0.5) is 0 Å². The minimum atomic E-state index is -1.26. The van der Waals surface area contributed by atoms with Crippen LogP contribution in [0.5, 0.6) is 5.75 Å². The number of amides is 1. The summed E-state index contributed by atoms with van der Waals surface area (Å²) < 4.78 is 5.30. The third kappa shape index (κ3) is 3.65. The first-order chi connectivity index (χ1) is 11.6. The van der Waals surface area contributed by atoms with Gasteiger partial charge < -0.3 is 19.9 Å². The first-order valence-electron chi connectivity index (χ1n) is 7.97. The molecule has 0 atom stereocenters. The Morgan fingerprint density at radius 2 is 1.80 bits per heavy atom. The summed E-state index contributed by atoms with van der Waals surface area (Å²) in [5, 5.41) is 21.5. The molecular weight excluding hydrogens is 326 g/mol. The average molecular weight is 347 g/mol. The van der Waals surface area contributed by atoms with Crippen molar-refractivity contribution in [1.82, 2.24) is 5.32 Å². The van der Waals surface area contributed by atoms with E-state index in [1.54, 1.807) is 6.07 Å². The highest BCUT2D eigenvalue weighted by molar-refractivity contribution is 6.02. The summed E-state index contributed by atoms with van der Waals surface area (Å²) in [4.78, 5) is 34.9. The van der Waals surface area contributed by atoms with Crippen LogP contribution in [-0.4, -0.2) is 28.6 Å². The van der Waals surface area contributed by atoms with E-state index >= 15 is 0 Å². The van der Waals surface area contributed by atoms with Crippen molar-refractivity contribution in [3.8, 4) is 5.75 Å². The van der Waals surface area contributed by atoms with Gasteiger partial charge in [0.25, 0.3) is 5.91 Å². The molecule has 0 bridgehead atoms. The molecule has 0 spiro atoms. The van der Waals surface area contributed by atoms with E-state index in [9.17, 15) is 19.5 Å². The van der Waals surface area contributed by atoms with Crippen LogP contribution in [0.2, 0.25) is 0 Å². The Morgan fingerprint density at radius 3 is 2.32 bits per heavy atom. The predicted molar refractivity (Wildman–Crippen MR) is 92.3 cm³/mol. The molecule has 134 valence electrons. The van der Waals surface area contributed by atoms with E-state index in [2.05, 4.69) is 5.32 Å². The van der Waals surface area contributed by atoms with E-state index < -0.39 is 35.4 Å². The fourth-order valence-electron chi connectivity index (χ4n) is 2.55. The first-order valence-corrected chi connectivity index (χ1v) is 7.97. The lowest BCUT2D eigenvalue weighted by Gasteiger charge is -2.15. The van der Waals surface area contributed by atoms with E-state index in [1.807, 2.05) is 33.8 Å². The highest BCUT2D eigenvalue weighted by Crippen LogP contribution is 2.35. The third-order valence-electron chi connectivity index (χ3n) is 3.95. The van der Waals surface area contributed by atoms with Gasteiger partial charge in [0.15, 0.2) is 5.56 Å². The number of carbonyl (C=O) groups excluding carboxylic acids is 1. The van der Waals surface area contributed by atoms with E-state index in [0.29, 0.717) is 0 Å². The second-order valence-electron chi connectivity index (χ2n) is 6.49. The van der Waals surface area contributed by atoms with Gasteiger partial charge in [-0.1, -0.05) is 33.8 Å². The van der Waals surface area contributed by atoms with Crippen LogP contribution in [0.15, 0.2) is 21.3 Å². The third-order valence-corrected chi connectivity index (χ3v) is 3.95. The van der Waals surface area contributed by atoms with Gasteiger partial charge in [-0.15, -0.1) is 0 Å². The molecule has 0 aliphatic carbocycles. The molecule has 0 fully saturated rings. The van der Waals surface area contributed by atoms with Gasteiger partial charge in [0.05, 0.1) is 5.39 Å². The molecule has 0 aliphatic rings. The average Bonchev–Trinajstić information content (AvgIpc) is 2.51. The normalized spacial score (nSPS) is 11.3. The van der Waals surface area contributed by atoms with Crippen molar-refractivity contribution < 1.29 is 24.2 Å². The zero-order valence-corrected chi connectivity index (χ0v) is 14.5. The summed E-state index contributed by atoms with van der Waals surface area (Å²) in [6.07, 6.45) is 0. The molecule has 0 saturated heterocycles. The van der Waals surface area contributed by atoms with Gasteiger partial charge in [-0.2, -0.15) is 0 Å². The van der Waals surface area contributed by atoms with Gasteiger partial charge >= 0.3 is 11.6 Å². The zero-order chi connectivity index (χ0) is 18.9. The van der Waals surface area contributed by atoms with Crippen LogP contribution in [0, 0.1) is 0 Å². The fraction of sp³-hybridized carbons (Fsp3) is 0.389. The SMILES string of the molecule is CC(C)c1cc(C(C)C)c2oc(=O)c(C(=O)NCC(=O)O)c(O)c2c1. The number of aliphatic carboxylic acids is 1. The Morgan fingerprint density at radius 1 is 1.16 bits per heavy atom. The Bertz CT molecular complexity index is 895. The molecule has 0 aliphatic heterocycles. The minimum Gasteiger partial charge on any atom is -0.506 e. The molecule has 3 N–H and O–H groups in total. The van der Waals surface area contributed by atoms with Crippen molar-refractivity contribution in [2.75, 3.05) is 6.54 Å². The van der Waals surface area contributed by atoms with Crippen molar-refractivity contribution in [2.45, 2.75) is 39.5 Å². The van der Waals surface area contributed by atoms with Crippen molar-refractivity contribution in [1.29, 1.82) is 0 Å². The van der Waals surface area contributed by atoms with E-state index in [1.165, 1.54) is 0 Å². The van der Waals surface area contributed by atoms with Crippen LogP contribution >= 0.6 is 0 Å². The number of hydrogen-bond donors (Lipinski definition) is 3. The molecular formula is C18H21NO6. The number of hydrogen-bond acceptors (Lipinski definition) is 5. The molecule has 1 aromatic carbocycles. The topological polar surface area (TPSA) is 117 Å². The lowest BCUT2D eigenvalue weighted by Crippen LogP contribution is -2.32. The lowest BCUT2D eigenvalue weighted by atomic mass is 9.92. The Balaban J connectivity index is 2.74. The molecule has 0 radical (unpaired) electrons. The monoisotopic (exact) mass is 347 g/mol. The van der Waals surface area contributed by atoms with Gasteiger partial charge in [0.1, 0.15) is 17.9 Å². The quantitative estimate of drug-likeness (QED) is 0.716. The molecule has 25 heavy (non-hydrogen) atoms. The summed E-state index contributed by atoms with van der Waals surface area (Å²) in [5.74, 6) is -2.55. The number of nitrogens with one attached hydrogen (secondary N) is 1. The molecule has 1 heterocycles.